The van der Waals surface area contributed by atoms with E-state index >= 15 is 0 Å². The van der Waals surface area contributed by atoms with Crippen LogP contribution in [0, 0.1) is 11.3 Å². The molecular weight excluding hydrogens is 558 g/mol. The summed E-state index contributed by atoms with van der Waals surface area (Å²) < 4.78 is 21.4. The zero-order valence-corrected chi connectivity index (χ0v) is 24.8. The summed E-state index contributed by atoms with van der Waals surface area (Å²) >= 11 is 0. The van der Waals surface area contributed by atoms with Crippen LogP contribution in [0.3, 0.4) is 0 Å². The number of hydrogen-bond donors (Lipinski definition) is 0. The van der Waals surface area contributed by atoms with E-state index in [1.54, 1.807) is 0 Å². The molecule has 0 saturated carbocycles. The van der Waals surface area contributed by atoms with Crippen LogP contribution in [-0.2, 0) is 0 Å². The number of para-hydroxylation sites is 3. The van der Waals surface area contributed by atoms with Crippen LogP contribution in [0.15, 0.2) is 164 Å². The Balaban J connectivity index is 1.19. The lowest BCUT2D eigenvalue weighted by Gasteiger charge is -2.10. The molecule has 0 spiro atoms. The highest BCUT2D eigenvalue weighted by Gasteiger charge is 2.16. The standard InChI is InChI=1S/C43H27N3/c44-28-29-14-16-30(17-15-29)31-18-22-35(23-19-31)46-41-13-7-5-11-37(41)39-27-33(21-25-43(39)46)32-20-24-42-38(26-32)36-10-4-6-12-40(36)45(42)34-8-2-1-3-9-34/h1-27H/i4D,5D. The van der Waals surface area contributed by atoms with Gasteiger partial charge in [0, 0.05) is 32.9 Å². The SMILES string of the molecule is [2H]c1ccc2c(c1)c1cc(-c3ccc4c(c3)c3cc([2H])ccc3n4-c3ccc(-c4ccc(C#N)cc4)cc3)ccc1n2-c1ccccc1. The quantitative estimate of drug-likeness (QED) is 0.202. The van der Waals surface area contributed by atoms with Gasteiger partial charge in [0.2, 0.25) is 0 Å². The lowest BCUT2D eigenvalue weighted by atomic mass is 10.0. The van der Waals surface area contributed by atoms with Crippen LogP contribution in [0.4, 0.5) is 0 Å². The zero-order valence-electron chi connectivity index (χ0n) is 26.8. The highest BCUT2D eigenvalue weighted by atomic mass is 15.0. The van der Waals surface area contributed by atoms with Crippen molar-refractivity contribution in [3.05, 3.63) is 169 Å². The molecule has 0 saturated heterocycles. The summed E-state index contributed by atoms with van der Waals surface area (Å²) in [5.41, 5.74) is 11.4. The highest BCUT2D eigenvalue weighted by molar-refractivity contribution is 6.12. The van der Waals surface area contributed by atoms with Gasteiger partial charge in [-0.05, 0) is 95.1 Å². The van der Waals surface area contributed by atoms with E-state index in [4.69, 9.17) is 2.74 Å². The van der Waals surface area contributed by atoms with Crippen LogP contribution < -0.4 is 0 Å². The molecule has 0 aliphatic carbocycles. The van der Waals surface area contributed by atoms with E-state index < -0.39 is 0 Å². The van der Waals surface area contributed by atoms with E-state index in [0.29, 0.717) is 17.6 Å². The van der Waals surface area contributed by atoms with Gasteiger partial charge in [0.25, 0.3) is 0 Å². The first-order valence-corrected chi connectivity index (χ1v) is 15.3. The number of aromatic nitrogens is 2. The predicted molar refractivity (Wildman–Crippen MR) is 191 cm³/mol. The van der Waals surface area contributed by atoms with Crippen molar-refractivity contribution in [2.45, 2.75) is 0 Å². The molecule has 2 aromatic heterocycles. The van der Waals surface area contributed by atoms with E-state index in [-0.39, 0.29) is 0 Å². The number of benzene rings is 7. The van der Waals surface area contributed by atoms with Crippen LogP contribution in [0.1, 0.15) is 8.30 Å². The van der Waals surface area contributed by atoms with Crippen molar-refractivity contribution >= 4 is 43.6 Å². The van der Waals surface area contributed by atoms with Crippen molar-refractivity contribution < 1.29 is 2.74 Å². The Kier molecular flexibility index (Phi) is 5.41. The second kappa shape index (κ2) is 10.4. The maximum Gasteiger partial charge on any atom is 0.0991 e. The maximum atomic E-state index is 9.17. The molecule has 0 fully saturated rings. The van der Waals surface area contributed by atoms with Crippen LogP contribution in [0.25, 0.3) is 77.2 Å². The highest BCUT2D eigenvalue weighted by Crippen LogP contribution is 2.38. The van der Waals surface area contributed by atoms with Gasteiger partial charge in [-0.3, -0.25) is 0 Å². The van der Waals surface area contributed by atoms with Crippen LogP contribution in [0.5, 0.6) is 0 Å². The van der Waals surface area contributed by atoms with E-state index in [1.807, 2.05) is 66.7 Å². The second-order valence-electron chi connectivity index (χ2n) is 11.6. The largest absolute Gasteiger partial charge is 0.309 e. The number of fused-ring (bicyclic) bond motifs is 6. The Morgan fingerprint density at radius 1 is 0.413 bits per heavy atom. The Labute approximate surface area is 269 Å². The van der Waals surface area contributed by atoms with Crippen molar-refractivity contribution in [3.8, 4) is 39.7 Å². The first kappa shape index (κ1) is 24.0. The third kappa shape index (κ3) is 4.05. The first-order valence-electron chi connectivity index (χ1n) is 16.3. The molecule has 9 aromatic rings. The Hall–Kier alpha value is -6.37. The minimum absolute atomic E-state index is 0.476. The van der Waals surface area contributed by atoms with Gasteiger partial charge in [-0.25, -0.2) is 0 Å². The number of nitrogens with zero attached hydrogens (tertiary/aromatic N) is 3. The molecule has 0 unspecified atom stereocenters. The molecule has 2 heterocycles. The minimum atomic E-state index is 0.476. The van der Waals surface area contributed by atoms with Gasteiger partial charge < -0.3 is 9.13 Å². The van der Waals surface area contributed by atoms with Gasteiger partial charge in [0.1, 0.15) is 0 Å². The molecule has 7 aromatic carbocycles. The van der Waals surface area contributed by atoms with Crippen LogP contribution in [0.2, 0.25) is 0 Å². The van der Waals surface area contributed by atoms with Crippen molar-refractivity contribution in [1.82, 2.24) is 9.13 Å². The Bertz CT molecular complexity index is 2730. The zero-order chi connectivity index (χ0) is 32.4. The topological polar surface area (TPSA) is 33.6 Å². The summed E-state index contributed by atoms with van der Waals surface area (Å²) in [4.78, 5) is 0. The van der Waals surface area contributed by atoms with E-state index in [0.717, 1.165) is 77.2 Å². The third-order valence-corrected chi connectivity index (χ3v) is 9.04. The molecule has 9 rings (SSSR count). The first-order chi connectivity index (χ1) is 23.6. The van der Waals surface area contributed by atoms with Gasteiger partial charge in [-0.2, -0.15) is 5.26 Å². The molecule has 214 valence electrons. The van der Waals surface area contributed by atoms with E-state index in [1.165, 1.54) is 0 Å². The van der Waals surface area contributed by atoms with Crippen molar-refractivity contribution in [3.63, 3.8) is 0 Å². The fraction of sp³-hybridized carbons (Fsp3) is 0. The van der Waals surface area contributed by atoms with Crippen LogP contribution in [-0.4, -0.2) is 9.13 Å². The summed E-state index contributed by atoms with van der Waals surface area (Å²) in [7, 11) is 0. The van der Waals surface area contributed by atoms with Gasteiger partial charge in [0.05, 0.1) is 36.4 Å². The Morgan fingerprint density at radius 3 is 1.39 bits per heavy atom. The molecule has 3 heteroatoms. The lowest BCUT2D eigenvalue weighted by Crippen LogP contribution is -1.94. The number of hydrogen-bond acceptors (Lipinski definition) is 1. The van der Waals surface area contributed by atoms with Crippen molar-refractivity contribution in [2.75, 3.05) is 0 Å². The molecule has 0 amide bonds. The predicted octanol–water partition coefficient (Wildman–Crippen LogP) is 11.1. The van der Waals surface area contributed by atoms with E-state index in [9.17, 15) is 5.26 Å². The summed E-state index contributed by atoms with van der Waals surface area (Å²) in [6.45, 7) is 0. The second-order valence-corrected chi connectivity index (χ2v) is 11.6. The molecule has 46 heavy (non-hydrogen) atoms. The minimum Gasteiger partial charge on any atom is -0.309 e. The number of nitriles is 1. The number of rotatable bonds is 4. The molecular formula is C43H27N3. The van der Waals surface area contributed by atoms with Crippen LogP contribution >= 0.6 is 0 Å². The van der Waals surface area contributed by atoms with Gasteiger partial charge >= 0.3 is 0 Å². The van der Waals surface area contributed by atoms with Gasteiger partial charge in [0.15, 0.2) is 0 Å². The van der Waals surface area contributed by atoms with E-state index in [2.05, 4.69) is 100 Å². The summed E-state index contributed by atoms with van der Waals surface area (Å²) in [5.74, 6) is 0. The summed E-state index contributed by atoms with van der Waals surface area (Å²) in [6.07, 6.45) is 0. The molecule has 0 radical (unpaired) electrons. The normalized spacial score (nSPS) is 12.1. The molecule has 0 N–H and O–H groups in total. The van der Waals surface area contributed by atoms with Crippen molar-refractivity contribution in [1.29, 1.82) is 5.26 Å². The molecule has 0 aliphatic heterocycles. The maximum absolute atomic E-state index is 9.17. The average Bonchev–Trinajstić information content (AvgIpc) is 3.63. The van der Waals surface area contributed by atoms with Gasteiger partial charge in [-0.15, -0.1) is 0 Å². The molecule has 0 aliphatic rings. The summed E-state index contributed by atoms with van der Waals surface area (Å²) in [6, 6.07) is 54.6. The average molecular weight is 588 g/mol. The fourth-order valence-electron chi connectivity index (χ4n) is 6.85. The molecule has 3 nitrogen and oxygen atoms in total. The fourth-order valence-corrected chi connectivity index (χ4v) is 6.85. The van der Waals surface area contributed by atoms with Crippen molar-refractivity contribution in [2.24, 2.45) is 0 Å². The summed E-state index contributed by atoms with van der Waals surface area (Å²) in [5, 5.41) is 13.5. The Morgan fingerprint density at radius 2 is 0.870 bits per heavy atom. The third-order valence-electron chi connectivity index (χ3n) is 9.04. The molecule has 0 bridgehead atoms. The monoisotopic (exact) mass is 587 g/mol. The lowest BCUT2D eigenvalue weighted by molar-refractivity contribution is 1.18. The van der Waals surface area contributed by atoms with Gasteiger partial charge in [-0.1, -0.05) is 90.9 Å². The molecule has 0 atom stereocenters. The smallest absolute Gasteiger partial charge is 0.0991 e.